The van der Waals surface area contributed by atoms with Crippen LogP contribution in [0.4, 0.5) is 0 Å². The quantitative estimate of drug-likeness (QED) is 0.874. The van der Waals surface area contributed by atoms with Crippen molar-refractivity contribution < 1.29 is 14.6 Å². The lowest BCUT2D eigenvalue weighted by molar-refractivity contribution is 0.0690. The number of pyridine rings is 1. The number of aromatic nitrogens is 1. The molecule has 0 spiro atoms. The van der Waals surface area contributed by atoms with Crippen molar-refractivity contribution in [3.63, 3.8) is 0 Å². The molecule has 4 nitrogen and oxygen atoms in total. The molecule has 1 aromatic heterocycles. The minimum atomic E-state index is -0.961. The predicted molar refractivity (Wildman–Crippen MR) is 65.3 cm³/mol. The number of aromatic carboxylic acids is 1. The minimum absolute atomic E-state index is 0.124. The van der Waals surface area contributed by atoms with Crippen LogP contribution in [0.1, 0.15) is 48.7 Å². The number of carboxylic acid groups (broad SMARTS) is 1. The molecular weight excluding hydrogens is 218 g/mol. The second-order valence-corrected chi connectivity index (χ2v) is 3.84. The van der Waals surface area contributed by atoms with E-state index in [9.17, 15) is 4.79 Å². The summed E-state index contributed by atoms with van der Waals surface area (Å²) in [5, 5.41) is 8.57. The van der Waals surface area contributed by atoms with E-state index in [0.29, 0.717) is 5.92 Å². The third kappa shape index (κ3) is 4.95. The Balaban J connectivity index is 0.000000249. The number of nitrogens with zero attached hydrogens (tertiary/aromatic N) is 1. The van der Waals surface area contributed by atoms with Gasteiger partial charge in [0.1, 0.15) is 5.69 Å². The maximum Gasteiger partial charge on any atom is 0.354 e. The normalized spacial score (nSPS) is 13.8. The van der Waals surface area contributed by atoms with Gasteiger partial charge in [0, 0.05) is 19.4 Å². The van der Waals surface area contributed by atoms with Gasteiger partial charge in [0.05, 0.1) is 0 Å². The molecule has 4 heteroatoms. The highest BCUT2D eigenvalue weighted by Crippen LogP contribution is 2.39. The van der Waals surface area contributed by atoms with E-state index in [2.05, 4.69) is 4.98 Å². The van der Waals surface area contributed by atoms with Crippen molar-refractivity contribution in [1.29, 1.82) is 0 Å². The highest BCUT2D eigenvalue weighted by Gasteiger charge is 2.23. The highest BCUT2D eigenvalue weighted by atomic mass is 16.5. The van der Waals surface area contributed by atoms with Gasteiger partial charge in [-0.25, -0.2) is 9.78 Å². The van der Waals surface area contributed by atoms with Crippen LogP contribution in [0, 0.1) is 0 Å². The van der Waals surface area contributed by atoms with Crippen LogP contribution in [0.25, 0.3) is 0 Å². The maximum absolute atomic E-state index is 10.4. The summed E-state index contributed by atoms with van der Waals surface area (Å²) >= 11 is 0. The van der Waals surface area contributed by atoms with E-state index in [1.165, 1.54) is 18.4 Å². The van der Waals surface area contributed by atoms with Crippen LogP contribution in [0.15, 0.2) is 18.3 Å². The molecular formula is C13H19NO3. The maximum atomic E-state index is 10.4. The molecule has 1 fully saturated rings. The van der Waals surface area contributed by atoms with Crippen LogP contribution in [-0.4, -0.2) is 29.3 Å². The Morgan fingerprint density at radius 1 is 1.41 bits per heavy atom. The van der Waals surface area contributed by atoms with E-state index >= 15 is 0 Å². The summed E-state index contributed by atoms with van der Waals surface area (Å²) in [7, 11) is 0. The number of carbonyl (C=O) groups is 1. The molecule has 1 N–H and O–H groups in total. The van der Waals surface area contributed by atoms with Gasteiger partial charge in [0.15, 0.2) is 0 Å². The first-order valence-electron chi connectivity index (χ1n) is 5.96. The molecule has 1 aliphatic carbocycles. The van der Waals surface area contributed by atoms with Crippen LogP contribution in [0.2, 0.25) is 0 Å². The van der Waals surface area contributed by atoms with Gasteiger partial charge >= 0.3 is 5.97 Å². The average molecular weight is 237 g/mol. The van der Waals surface area contributed by atoms with Gasteiger partial charge in [-0.2, -0.15) is 0 Å². The van der Waals surface area contributed by atoms with Crippen molar-refractivity contribution in [3.8, 4) is 0 Å². The fourth-order valence-electron chi connectivity index (χ4n) is 1.39. The van der Waals surface area contributed by atoms with E-state index in [-0.39, 0.29) is 5.69 Å². The summed E-state index contributed by atoms with van der Waals surface area (Å²) in [6, 6.07) is 3.42. The Kier molecular flexibility index (Phi) is 5.63. The smallest absolute Gasteiger partial charge is 0.354 e. The molecule has 0 saturated heterocycles. The number of hydrogen-bond acceptors (Lipinski definition) is 3. The standard InChI is InChI=1S/C9H9NO2.C4H10O/c11-9(12)8-4-3-7(5-10-8)6-1-2-6;1-3-5-4-2/h3-6H,1-2H2,(H,11,12);3-4H2,1-2H3. The van der Waals surface area contributed by atoms with Gasteiger partial charge < -0.3 is 9.84 Å². The zero-order valence-electron chi connectivity index (χ0n) is 10.3. The van der Waals surface area contributed by atoms with Crippen LogP contribution in [0.3, 0.4) is 0 Å². The van der Waals surface area contributed by atoms with Crippen LogP contribution < -0.4 is 0 Å². The van der Waals surface area contributed by atoms with Gasteiger partial charge in [0.25, 0.3) is 0 Å². The van der Waals surface area contributed by atoms with Crippen molar-refractivity contribution in [2.75, 3.05) is 13.2 Å². The first-order valence-corrected chi connectivity index (χ1v) is 5.96. The van der Waals surface area contributed by atoms with Gasteiger partial charge in [-0.1, -0.05) is 6.07 Å². The summed E-state index contributed by atoms with van der Waals surface area (Å²) in [4.78, 5) is 14.3. The summed E-state index contributed by atoms with van der Waals surface area (Å²) < 4.78 is 4.83. The Morgan fingerprint density at radius 2 is 2.06 bits per heavy atom. The van der Waals surface area contributed by atoms with Crippen molar-refractivity contribution in [1.82, 2.24) is 4.98 Å². The van der Waals surface area contributed by atoms with Crippen molar-refractivity contribution >= 4 is 5.97 Å². The molecule has 94 valence electrons. The van der Waals surface area contributed by atoms with Gasteiger partial charge in [-0.15, -0.1) is 0 Å². The molecule has 1 aliphatic rings. The van der Waals surface area contributed by atoms with Crippen LogP contribution in [-0.2, 0) is 4.74 Å². The van der Waals surface area contributed by atoms with Crippen molar-refractivity contribution in [2.24, 2.45) is 0 Å². The third-order valence-electron chi connectivity index (χ3n) is 2.46. The molecule has 0 bridgehead atoms. The molecule has 0 unspecified atom stereocenters. The summed E-state index contributed by atoms with van der Waals surface area (Å²) in [6.07, 6.45) is 4.10. The largest absolute Gasteiger partial charge is 0.477 e. The van der Waals surface area contributed by atoms with Crippen LogP contribution >= 0.6 is 0 Å². The second kappa shape index (κ2) is 7.01. The summed E-state index contributed by atoms with van der Waals surface area (Å²) in [6.45, 7) is 5.67. The molecule has 0 amide bonds. The fourth-order valence-corrected chi connectivity index (χ4v) is 1.39. The lowest BCUT2D eigenvalue weighted by Crippen LogP contribution is -1.99. The molecule has 0 aromatic carbocycles. The molecule has 17 heavy (non-hydrogen) atoms. The Bertz CT molecular complexity index is 342. The topological polar surface area (TPSA) is 59.4 Å². The monoisotopic (exact) mass is 237 g/mol. The molecule has 1 saturated carbocycles. The SMILES string of the molecule is CCOCC.O=C(O)c1ccc(C2CC2)cn1. The Labute approximate surface area is 102 Å². The number of carboxylic acids is 1. The van der Waals surface area contributed by atoms with Crippen LogP contribution in [0.5, 0.6) is 0 Å². The number of rotatable bonds is 4. The molecule has 1 heterocycles. The van der Waals surface area contributed by atoms with E-state index in [1.54, 1.807) is 12.3 Å². The summed E-state index contributed by atoms with van der Waals surface area (Å²) in [5.74, 6) is -0.322. The fraction of sp³-hybridized carbons (Fsp3) is 0.538. The summed E-state index contributed by atoms with van der Waals surface area (Å²) in [5.41, 5.74) is 1.29. The van der Waals surface area contributed by atoms with E-state index < -0.39 is 5.97 Å². The lowest BCUT2D eigenvalue weighted by Gasteiger charge is -1.96. The lowest BCUT2D eigenvalue weighted by atomic mass is 10.2. The first-order chi connectivity index (χ1) is 8.19. The number of hydrogen-bond donors (Lipinski definition) is 1. The molecule has 0 atom stereocenters. The third-order valence-corrected chi connectivity index (χ3v) is 2.46. The zero-order chi connectivity index (χ0) is 12.7. The zero-order valence-corrected chi connectivity index (χ0v) is 10.3. The minimum Gasteiger partial charge on any atom is -0.477 e. The Hall–Kier alpha value is -1.42. The van der Waals surface area contributed by atoms with Gasteiger partial charge in [-0.3, -0.25) is 0 Å². The first kappa shape index (κ1) is 13.6. The van der Waals surface area contributed by atoms with E-state index in [4.69, 9.17) is 9.84 Å². The molecule has 0 aliphatic heterocycles. The molecule has 0 radical (unpaired) electrons. The Morgan fingerprint density at radius 3 is 2.35 bits per heavy atom. The van der Waals surface area contributed by atoms with Gasteiger partial charge in [-0.05, 0) is 44.2 Å². The van der Waals surface area contributed by atoms with Crippen molar-refractivity contribution in [3.05, 3.63) is 29.6 Å². The molecule has 2 rings (SSSR count). The highest BCUT2D eigenvalue weighted by molar-refractivity contribution is 5.85. The van der Waals surface area contributed by atoms with Crippen molar-refractivity contribution in [2.45, 2.75) is 32.6 Å². The second-order valence-electron chi connectivity index (χ2n) is 3.84. The van der Waals surface area contributed by atoms with Gasteiger partial charge in [0.2, 0.25) is 0 Å². The van der Waals surface area contributed by atoms with E-state index in [1.807, 2.05) is 19.9 Å². The average Bonchev–Trinajstić information content (AvgIpc) is 3.15. The van der Waals surface area contributed by atoms with E-state index in [0.717, 1.165) is 13.2 Å². The predicted octanol–water partition coefficient (Wildman–Crippen LogP) is 2.70. The molecule has 1 aromatic rings. The number of ether oxygens (including phenoxy) is 1.